The minimum atomic E-state index is -1.25. The zero-order valence-corrected chi connectivity index (χ0v) is 8.07. The molecule has 4 heteroatoms. The van der Waals surface area contributed by atoms with Gasteiger partial charge in [-0.25, -0.2) is 4.79 Å². The summed E-state index contributed by atoms with van der Waals surface area (Å²) in [7, 11) is 5.17. The van der Waals surface area contributed by atoms with Crippen molar-refractivity contribution >= 4 is 6.16 Å². The molecule has 0 aliphatic rings. The van der Waals surface area contributed by atoms with Gasteiger partial charge in [0.2, 0.25) is 0 Å². The first kappa shape index (κ1) is 13.6. The lowest BCUT2D eigenvalue weighted by Crippen LogP contribution is -2.21. The molecule has 1 N–H and O–H groups in total. The summed E-state index contributed by atoms with van der Waals surface area (Å²) in [5.74, 6) is 0. The van der Waals surface area contributed by atoms with E-state index in [2.05, 4.69) is 23.1 Å². The van der Waals surface area contributed by atoms with Crippen LogP contribution in [-0.2, 0) is 4.74 Å². The molecule has 0 amide bonds. The molecular weight excluding hydrogens is 158 g/mol. The molecule has 0 fully saturated rings. The molecular formula is C8H17NO3. The Balaban J connectivity index is 0. The molecule has 0 saturated heterocycles. The summed E-state index contributed by atoms with van der Waals surface area (Å²) in [6, 6.07) is 0.500. The Morgan fingerprint density at radius 3 is 2.00 bits per heavy atom. The van der Waals surface area contributed by atoms with Crippen molar-refractivity contribution in [1.82, 2.24) is 4.90 Å². The second kappa shape index (κ2) is 8.07. The summed E-state index contributed by atoms with van der Waals surface area (Å²) >= 11 is 0. The fraction of sp³-hybridized carbons (Fsp3) is 0.625. The van der Waals surface area contributed by atoms with Crippen LogP contribution < -0.4 is 0 Å². The molecule has 1 atom stereocenters. The summed E-state index contributed by atoms with van der Waals surface area (Å²) in [5, 5.41) is 7.50. The third kappa shape index (κ3) is 11.7. The molecule has 0 radical (unpaired) electrons. The number of hydrogen-bond donors (Lipinski definition) is 1. The topological polar surface area (TPSA) is 49.8 Å². The highest BCUT2D eigenvalue weighted by atomic mass is 16.6. The number of nitrogens with zero attached hydrogens (tertiary/aromatic N) is 1. The van der Waals surface area contributed by atoms with Crippen molar-refractivity contribution in [3.05, 3.63) is 12.7 Å². The molecule has 0 aromatic rings. The van der Waals surface area contributed by atoms with Crippen molar-refractivity contribution in [3.8, 4) is 0 Å². The molecule has 0 aromatic heterocycles. The Hall–Kier alpha value is -1.03. The second-order valence-electron chi connectivity index (χ2n) is 2.41. The van der Waals surface area contributed by atoms with Crippen molar-refractivity contribution in [1.29, 1.82) is 0 Å². The van der Waals surface area contributed by atoms with Crippen LogP contribution in [0.15, 0.2) is 12.7 Å². The Kier molecular flexibility index (Phi) is 9.11. The average molecular weight is 175 g/mol. The summed E-state index contributed by atoms with van der Waals surface area (Å²) in [5.41, 5.74) is 0. The number of carboxylic acid groups (broad SMARTS) is 1. The van der Waals surface area contributed by atoms with Gasteiger partial charge in [-0.05, 0) is 21.0 Å². The number of ether oxygens (including phenoxy) is 1. The fourth-order valence-corrected chi connectivity index (χ4v) is 0.211. The molecule has 0 bridgehead atoms. The van der Waals surface area contributed by atoms with Gasteiger partial charge in [0, 0.05) is 6.04 Å². The molecule has 0 aliphatic carbocycles. The predicted molar refractivity (Wildman–Crippen MR) is 48.4 cm³/mol. The average Bonchev–Trinajstić information content (AvgIpc) is 2.04. The number of rotatable bonds is 2. The lowest BCUT2D eigenvalue weighted by atomic mass is 10.3. The number of methoxy groups -OCH3 is 1. The lowest BCUT2D eigenvalue weighted by Gasteiger charge is -2.13. The first-order valence-corrected chi connectivity index (χ1v) is 3.51. The van der Waals surface area contributed by atoms with E-state index >= 15 is 0 Å². The van der Waals surface area contributed by atoms with Crippen LogP contribution in [0.1, 0.15) is 6.92 Å². The van der Waals surface area contributed by atoms with Gasteiger partial charge in [-0.3, -0.25) is 0 Å². The maximum Gasteiger partial charge on any atom is 0.505 e. The normalized spacial score (nSPS) is 11.1. The number of likely N-dealkylation sites (N-methyl/N-ethyl adjacent to an activating group) is 1. The molecule has 0 aliphatic heterocycles. The molecule has 12 heavy (non-hydrogen) atoms. The summed E-state index contributed by atoms with van der Waals surface area (Å²) < 4.78 is 3.67. The molecule has 0 aromatic carbocycles. The first-order valence-electron chi connectivity index (χ1n) is 3.51. The van der Waals surface area contributed by atoms with Crippen molar-refractivity contribution in [2.75, 3.05) is 21.2 Å². The third-order valence-electron chi connectivity index (χ3n) is 1.33. The molecule has 72 valence electrons. The Morgan fingerprint density at radius 1 is 1.67 bits per heavy atom. The number of carbonyl (C=O) groups is 1. The lowest BCUT2D eigenvalue weighted by molar-refractivity contribution is 0.114. The third-order valence-corrected chi connectivity index (χ3v) is 1.33. The van der Waals surface area contributed by atoms with E-state index in [1.54, 1.807) is 0 Å². The van der Waals surface area contributed by atoms with Crippen LogP contribution in [0.2, 0.25) is 0 Å². The maximum atomic E-state index is 9.15. The highest BCUT2D eigenvalue weighted by molar-refractivity contribution is 5.56. The highest BCUT2D eigenvalue weighted by Gasteiger charge is 1.93. The van der Waals surface area contributed by atoms with Crippen LogP contribution >= 0.6 is 0 Å². The monoisotopic (exact) mass is 175 g/mol. The van der Waals surface area contributed by atoms with E-state index < -0.39 is 6.16 Å². The Labute approximate surface area is 73.4 Å². The minimum absolute atomic E-state index is 0.500. The van der Waals surface area contributed by atoms with E-state index in [-0.39, 0.29) is 0 Å². The van der Waals surface area contributed by atoms with Gasteiger partial charge in [0.05, 0.1) is 7.11 Å². The van der Waals surface area contributed by atoms with E-state index in [4.69, 9.17) is 9.90 Å². The summed E-state index contributed by atoms with van der Waals surface area (Å²) in [6.45, 7) is 5.74. The van der Waals surface area contributed by atoms with Crippen LogP contribution in [0.4, 0.5) is 4.79 Å². The fourth-order valence-electron chi connectivity index (χ4n) is 0.211. The van der Waals surface area contributed by atoms with Gasteiger partial charge in [-0.1, -0.05) is 6.08 Å². The molecule has 0 heterocycles. The van der Waals surface area contributed by atoms with Crippen LogP contribution in [0.3, 0.4) is 0 Å². The van der Waals surface area contributed by atoms with Gasteiger partial charge in [0.1, 0.15) is 0 Å². The standard InChI is InChI=1S/C6H13N.C2H4O3/c1-5-6(2)7(3)4;1-5-2(3)4/h5-6H,1H2,2-4H3;1H3,(H,3,4). The smallest absolute Gasteiger partial charge is 0.450 e. The summed E-state index contributed by atoms with van der Waals surface area (Å²) in [4.78, 5) is 11.2. The predicted octanol–water partition coefficient (Wildman–Crippen LogP) is 1.43. The van der Waals surface area contributed by atoms with Gasteiger partial charge in [0.25, 0.3) is 0 Å². The van der Waals surface area contributed by atoms with Crippen molar-refractivity contribution < 1.29 is 14.6 Å². The van der Waals surface area contributed by atoms with Crippen LogP contribution in [0, 0.1) is 0 Å². The number of hydrogen-bond acceptors (Lipinski definition) is 3. The zero-order valence-electron chi connectivity index (χ0n) is 8.07. The van der Waals surface area contributed by atoms with Gasteiger partial charge >= 0.3 is 6.16 Å². The van der Waals surface area contributed by atoms with E-state index in [1.807, 2.05) is 20.2 Å². The largest absolute Gasteiger partial charge is 0.505 e. The summed E-state index contributed by atoms with van der Waals surface area (Å²) in [6.07, 6.45) is 0.671. The van der Waals surface area contributed by atoms with Crippen LogP contribution in [-0.4, -0.2) is 43.4 Å². The van der Waals surface area contributed by atoms with Gasteiger partial charge in [0.15, 0.2) is 0 Å². The van der Waals surface area contributed by atoms with Crippen molar-refractivity contribution in [3.63, 3.8) is 0 Å². The van der Waals surface area contributed by atoms with Gasteiger partial charge < -0.3 is 14.7 Å². The Morgan fingerprint density at radius 2 is 2.00 bits per heavy atom. The van der Waals surface area contributed by atoms with Crippen LogP contribution in [0.25, 0.3) is 0 Å². The van der Waals surface area contributed by atoms with E-state index in [0.717, 1.165) is 7.11 Å². The van der Waals surface area contributed by atoms with Crippen molar-refractivity contribution in [2.45, 2.75) is 13.0 Å². The van der Waals surface area contributed by atoms with Crippen molar-refractivity contribution in [2.24, 2.45) is 0 Å². The maximum absolute atomic E-state index is 9.15. The van der Waals surface area contributed by atoms with Gasteiger partial charge in [-0.15, -0.1) is 6.58 Å². The SMILES string of the molecule is C=CC(C)N(C)C.COC(=O)O. The zero-order chi connectivity index (χ0) is 10.1. The van der Waals surface area contributed by atoms with Crippen LogP contribution in [0.5, 0.6) is 0 Å². The second-order valence-corrected chi connectivity index (χ2v) is 2.41. The molecule has 0 rings (SSSR count). The van der Waals surface area contributed by atoms with E-state index in [1.165, 1.54) is 0 Å². The quantitative estimate of drug-likeness (QED) is 0.509. The highest BCUT2D eigenvalue weighted by Crippen LogP contribution is 1.88. The minimum Gasteiger partial charge on any atom is -0.450 e. The van der Waals surface area contributed by atoms with E-state index in [0.29, 0.717) is 6.04 Å². The van der Waals surface area contributed by atoms with Gasteiger partial charge in [-0.2, -0.15) is 0 Å². The van der Waals surface area contributed by atoms with E-state index in [9.17, 15) is 0 Å². The molecule has 0 spiro atoms. The molecule has 0 saturated carbocycles. The first-order chi connectivity index (χ1) is 5.45. The Bertz CT molecular complexity index is 134. The molecule has 1 unspecified atom stereocenters. The molecule has 4 nitrogen and oxygen atoms in total.